The van der Waals surface area contributed by atoms with Gasteiger partial charge in [-0.05, 0) is 131 Å². The van der Waals surface area contributed by atoms with Gasteiger partial charge in [0.25, 0.3) is 0 Å². The lowest BCUT2D eigenvalue weighted by atomic mass is 9.69. The lowest BCUT2D eigenvalue weighted by molar-refractivity contribution is 0.145. The van der Waals surface area contributed by atoms with Crippen molar-refractivity contribution in [2.75, 3.05) is 0 Å². The second kappa shape index (κ2) is 13.1. The Morgan fingerprint density at radius 2 is 1.25 bits per heavy atom. The SMILES string of the molecule is CCC1Oc2ccc3c(Cc4cc(Cc5cc(C)c(O)c(CC(CC)(CC)c6c(O)ccc7cc(O)ccc67)c5)cc(C)c4O)c(O)ccc3c21. The summed E-state index contributed by atoms with van der Waals surface area (Å²) in [6.07, 6.45) is 3.84. The number of ether oxygens (including phenoxy) is 1. The topological polar surface area (TPSA) is 110 Å². The van der Waals surface area contributed by atoms with Gasteiger partial charge in [-0.2, -0.15) is 0 Å². The molecule has 51 heavy (non-hydrogen) atoms. The minimum atomic E-state index is -0.476. The molecule has 1 heterocycles. The van der Waals surface area contributed by atoms with Crippen LogP contribution in [0.25, 0.3) is 21.5 Å². The Bertz CT molecular complexity index is 2320. The van der Waals surface area contributed by atoms with Crippen molar-refractivity contribution in [2.24, 2.45) is 0 Å². The Kier molecular flexibility index (Phi) is 8.74. The van der Waals surface area contributed by atoms with Crippen molar-refractivity contribution in [2.45, 2.75) is 84.7 Å². The van der Waals surface area contributed by atoms with E-state index in [-0.39, 0.29) is 34.9 Å². The molecule has 0 saturated carbocycles. The molecule has 0 spiro atoms. The Balaban J connectivity index is 1.24. The number of benzene rings is 6. The van der Waals surface area contributed by atoms with E-state index in [1.165, 1.54) is 5.56 Å². The van der Waals surface area contributed by atoms with Crippen LogP contribution in [0, 0.1) is 13.8 Å². The van der Waals surface area contributed by atoms with Gasteiger partial charge in [-0.3, -0.25) is 0 Å². The normalized spacial score (nSPS) is 14.0. The molecule has 1 atom stereocenters. The molecule has 0 bridgehead atoms. The van der Waals surface area contributed by atoms with Crippen molar-refractivity contribution in [3.8, 4) is 34.5 Å². The third-order valence-corrected chi connectivity index (χ3v) is 11.3. The number of hydrogen-bond donors (Lipinski definition) is 5. The lowest BCUT2D eigenvalue weighted by Crippen LogP contribution is -2.28. The van der Waals surface area contributed by atoms with Crippen LogP contribution < -0.4 is 4.74 Å². The molecule has 1 unspecified atom stereocenters. The molecule has 6 aromatic carbocycles. The van der Waals surface area contributed by atoms with E-state index in [0.29, 0.717) is 19.3 Å². The third kappa shape index (κ3) is 5.86. The summed E-state index contributed by atoms with van der Waals surface area (Å²) in [6, 6.07) is 24.5. The maximum atomic E-state index is 11.4. The van der Waals surface area contributed by atoms with Gasteiger partial charge in [0.2, 0.25) is 0 Å². The van der Waals surface area contributed by atoms with Crippen LogP contribution in [0.2, 0.25) is 0 Å². The van der Waals surface area contributed by atoms with Gasteiger partial charge in [0, 0.05) is 28.5 Å². The van der Waals surface area contributed by atoms with Crippen molar-refractivity contribution >= 4 is 21.5 Å². The van der Waals surface area contributed by atoms with Crippen LogP contribution in [0.3, 0.4) is 0 Å². The maximum absolute atomic E-state index is 11.4. The zero-order valence-electron chi connectivity index (χ0n) is 30.0. The van der Waals surface area contributed by atoms with Crippen LogP contribution in [0.5, 0.6) is 34.5 Å². The zero-order valence-corrected chi connectivity index (χ0v) is 30.0. The molecule has 6 heteroatoms. The summed E-state index contributed by atoms with van der Waals surface area (Å²) in [5.41, 5.74) is 7.43. The molecular weight excluding hydrogens is 636 g/mol. The van der Waals surface area contributed by atoms with E-state index in [4.69, 9.17) is 4.74 Å². The van der Waals surface area contributed by atoms with Crippen LogP contribution in [0.15, 0.2) is 78.9 Å². The first kappa shape index (κ1) is 34.1. The standard InChI is InChI=1S/C45H46O6/c1-6-39-41-35-12-15-37(47)36(34(35)13-16-40(41)51-39)23-30-20-27(17-25(4)43(30)49)19-28-18-26(5)44(50)31(21-28)24-45(7-2,8-3)42-33-11-10-32(46)22-29(33)9-14-38(42)48/h9-18,20-22,39,46-50H,6-8,19,23-24H2,1-5H3. The highest BCUT2D eigenvalue weighted by atomic mass is 16.5. The molecule has 0 fully saturated rings. The lowest BCUT2D eigenvalue weighted by Gasteiger charge is -2.35. The van der Waals surface area contributed by atoms with Crippen LogP contribution in [0.4, 0.5) is 0 Å². The number of hydrogen-bond acceptors (Lipinski definition) is 6. The zero-order chi connectivity index (χ0) is 36.2. The van der Waals surface area contributed by atoms with E-state index in [2.05, 4.69) is 26.8 Å². The third-order valence-electron chi connectivity index (χ3n) is 11.3. The molecule has 0 aromatic heterocycles. The molecule has 6 aromatic rings. The average Bonchev–Trinajstić information content (AvgIpc) is 3.09. The minimum absolute atomic E-state index is 0.0470. The predicted octanol–water partition coefficient (Wildman–Crippen LogP) is 10.5. The Morgan fingerprint density at radius 3 is 1.94 bits per heavy atom. The number of rotatable bonds is 10. The molecule has 5 N–H and O–H groups in total. The van der Waals surface area contributed by atoms with Crippen molar-refractivity contribution in [1.29, 1.82) is 0 Å². The van der Waals surface area contributed by atoms with Gasteiger partial charge in [-0.15, -0.1) is 0 Å². The summed E-state index contributed by atoms with van der Waals surface area (Å²) in [6.45, 7) is 10.2. The highest BCUT2D eigenvalue weighted by Gasteiger charge is 2.35. The Hall–Kier alpha value is -5.36. The summed E-state index contributed by atoms with van der Waals surface area (Å²) in [4.78, 5) is 0. The predicted molar refractivity (Wildman–Crippen MR) is 204 cm³/mol. The molecule has 7 rings (SSSR count). The number of phenolic OH excluding ortho intramolecular Hbond substituents is 5. The average molecular weight is 683 g/mol. The van der Waals surface area contributed by atoms with Crippen LogP contribution in [-0.4, -0.2) is 25.5 Å². The van der Waals surface area contributed by atoms with Gasteiger partial charge in [0.1, 0.15) is 40.6 Å². The fourth-order valence-electron chi connectivity index (χ4n) is 8.46. The number of aromatic hydroxyl groups is 5. The Morgan fingerprint density at radius 1 is 0.627 bits per heavy atom. The molecular formula is C45H46O6. The second-order valence-electron chi connectivity index (χ2n) is 14.4. The quantitative estimate of drug-likeness (QED) is 0.0984. The van der Waals surface area contributed by atoms with Gasteiger partial charge < -0.3 is 30.3 Å². The first-order valence-electron chi connectivity index (χ1n) is 18.0. The van der Waals surface area contributed by atoms with Gasteiger partial charge >= 0.3 is 0 Å². The molecule has 0 amide bonds. The van der Waals surface area contributed by atoms with Crippen LogP contribution in [-0.2, 0) is 24.7 Å². The smallest absolute Gasteiger partial charge is 0.128 e. The van der Waals surface area contributed by atoms with Crippen LogP contribution >= 0.6 is 0 Å². The van der Waals surface area contributed by atoms with Crippen molar-refractivity contribution in [3.05, 3.63) is 129 Å². The van der Waals surface area contributed by atoms with Crippen molar-refractivity contribution in [3.63, 3.8) is 0 Å². The molecule has 0 radical (unpaired) electrons. The molecule has 0 saturated heterocycles. The first-order valence-corrected chi connectivity index (χ1v) is 18.0. The van der Waals surface area contributed by atoms with Crippen molar-refractivity contribution in [1.82, 2.24) is 0 Å². The summed E-state index contributed by atoms with van der Waals surface area (Å²) in [5, 5.41) is 58.9. The van der Waals surface area contributed by atoms with E-state index in [1.54, 1.807) is 24.3 Å². The van der Waals surface area contributed by atoms with Crippen LogP contribution in [0.1, 0.15) is 96.2 Å². The largest absolute Gasteiger partial charge is 0.508 e. The summed E-state index contributed by atoms with van der Waals surface area (Å²) >= 11 is 0. The van der Waals surface area contributed by atoms with Gasteiger partial charge in [0.15, 0.2) is 0 Å². The summed E-state index contributed by atoms with van der Waals surface area (Å²) in [7, 11) is 0. The number of fused-ring (bicyclic) bond motifs is 4. The first-order chi connectivity index (χ1) is 24.5. The Labute approximate surface area is 299 Å². The molecule has 0 aliphatic carbocycles. The monoisotopic (exact) mass is 682 g/mol. The summed E-state index contributed by atoms with van der Waals surface area (Å²) in [5.74, 6) is 1.94. The van der Waals surface area contributed by atoms with Gasteiger partial charge in [-0.1, -0.05) is 69.3 Å². The summed E-state index contributed by atoms with van der Waals surface area (Å²) < 4.78 is 5.91. The second-order valence-corrected chi connectivity index (χ2v) is 14.4. The van der Waals surface area contributed by atoms with Gasteiger partial charge in [0.05, 0.1) is 0 Å². The highest BCUT2D eigenvalue weighted by molar-refractivity contribution is 5.94. The number of aryl methyl sites for hydroxylation is 2. The van der Waals surface area contributed by atoms with E-state index in [1.807, 2.05) is 62.4 Å². The fourth-order valence-corrected chi connectivity index (χ4v) is 8.46. The molecule has 262 valence electrons. The maximum Gasteiger partial charge on any atom is 0.128 e. The molecule has 6 nitrogen and oxygen atoms in total. The van der Waals surface area contributed by atoms with Crippen molar-refractivity contribution < 1.29 is 30.3 Å². The van der Waals surface area contributed by atoms with Gasteiger partial charge in [-0.25, -0.2) is 0 Å². The number of phenols is 5. The van der Waals surface area contributed by atoms with E-state index >= 15 is 0 Å². The van der Waals surface area contributed by atoms with E-state index in [0.717, 1.165) is 91.1 Å². The highest BCUT2D eigenvalue weighted by Crippen LogP contribution is 2.48. The fraction of sp³-hybridized carbons (Fsp3) is 0.289. The molecule has 1 aliphatic rings. The minimum Gasteiger partial charge on any atom is -0.508 e. The van der Waals surface area contributed by atoms with E-state index in [9.17, 15) is 25.5 Å². The molecule has 1 aliphatic heterocycles. The van der Waals surface area contributed by atoms with E-state index < -0.39 is 5.41 Å².